The molecule has 14 heavy (non-hydrogen) atoms. The maximum absolute atomic E-state index is 8.80. The summed E-state index contributed by atoms with van der Waals surface area (Å²) < 4.78 is 0. The minimum absolute atomic E-state index is 0.149. The maximum atomic E-state index is 8.80. The van der Waals surface area contributed by atoms with Crippen LogP contribution in [0.3, 0.4) is 0 Å². The van der Waals surface area contributed by atoms with Gasteiger partial charge in [-0.05, 0) is 12.8 Å². The summed E-state index contributed by atoms with van der Waals surface area (Å²) in [5.41, 5.74) is 0.712. The van der Waals surface area contributed by atoms with Gasteiger partial charge in [-0.1, -0.05) is 12.2 Å². The zero-order chi connectivity index (χ0) is 9.97. The van der Waals surface area contributed by atoms with Gasteiger partial charge in [0.1, 0.15) is 23.5 Å². The highest BCUT2D eigenvalue weighted by Crippen LogP contribution is 2.18. The van der Waals surface area contributed by atoms with Crippen molar-refractivity contribution in [1.82, 2.24) is 10.6 Å². The van der Waals surface area contributed by atoms with E-state index in [1.165, 1.54) is 0 Å². The van der Waals surface area contributed by atoms with Gasteiger partial charge in [0.25, 0.3) is 0 Å². The molecule has 0 aromatic heterocycles. The van der Waals surface area contributed by atoms with E-state index in [2.05, 4.69) is 16.7 Å². The molecule has 0 fully saturated rings. The van der Waals surface area contributed by atoms with Crippen LogP contribution in [0.2, 0.25) is 0 Å². The first-order valence-corrected chi connectivity index (χ1v) is 4.59. The van der Waals surface area contributed by atoms with E-state index in [1.807, 2.05) is 18.2 Å². The minimum atomic E-state index is 0.149. The first kappa shape index (κ1) is 8.65. The fourth-order valence-electron chi connectivity index (χ4n) is 1.82. The first-order chi connectivity index (χ1) is 6.85. The summed E-state index contributed by atoms with van der Waals surface area (Å²) in [7, 11) is 0. The fraction of sp³-hybridized carbons (Fsp3) is 0.400. The Labute approximate surface area is 82.5 Å². The molecule has 2 unspecified atom stereocenters. The normalized spacial score (nSPS) is 29.3. The molecule has 2 aliphatic rings. The lowest BCUT2D eigenvalue weighted by atomic mass is 9.94. The molecule has 0 bridgehead atoms. The smallest absolute Gasteiger partial charge is 0.148 e. The summed E-state index contributed by atoms with van der Waals surface area (Å²) in [6.45, 7) is 0. The predicted octanol–water partition coefficient (Wildman–Crippen LogP) is 0.525. The zero-order valence-electron chi connectivity index (χ0n) is 7.62. The largest absolute Gasteiger partial charge is 0.369 e. The van der Waals surface area contributed by atoms with Crippen molar-refractivity contribution in [3.63, 3.8) is 0 Å². The van der Waals surface area contributed by atoms with Gasteiger partial charge in [0.05, 0.1) is 12.1 Å². The Morgan fingerprint density at radius 1 is 1.21 bits per heavy atom. The minimum Gasteiger partial charge on any atom is -0.369 e. The molecule has 4 nitrogen and oxygen atoms in total. The highest BCUT2D eigenvalue weighted by Gasteiger charge is 2.28. The summed E-state index contributed by atoms with van der Waals surface area (Å²) in [5.74, 6) is 0. The quantitative estimate of drug-likeness (QED) is 0.541. The first-order valence-electron chi connectivity index (χ1n) is 4.59. The van der Waals surface area contributed by atoms with E-state index in [1.54, 1.807) is 0 Å². The molecule has 4 heteroatoms. The third-order valence-corrected chi connectivity index (χ3v) is 2.54. The van der Waals surface area contributed by atoms with Crippen LogP contribution >= 0.6 is 0 Å². The number of hydrogen-bond acceptors (Lipinski definition) is 4. The van der Waals surface area contributed by atoms with Gasteiger partial charge < -0.3 is 10.6 Å². The van der Waals surface area contributed by atoms with Crippen molar-refractivity contribution in [2.45, 2.75) is 24.9 Å². The lowest BCUT2D eigenvalue weighted by Gasteiger charge is -2.34. The number of nitriles is 2. The predicted molar refractivity (Wildman–Crippen MR) is 50.5 cm³/mol. The summed E-state index contributed by atoms with van der Waals surface area (Å²) in [4.78, 5) is 0. The third kappa shape index (κ3) is 1.31. The molecular weight excluding hydrogens is 176 g/mol. The van der Waals surface area contributed by atoms with Gasteiger partial charge in [-0.3, -0.25) is 0 Å². The Hall–Kier alpha value is -1.94. The zero-order valence-corrected chi connectivity index (χ0v) is 7.62. The molecule has 2 rings (SSSR count). The SMILES string of the molecule is N#CC1=C(C#N)NC2CCC=CC2N1. The molecule has 70 valence electrons. The second-order valence-electron chi connectivity index (χ2n) is 3.40. The summed E-state index contributed by atoms with van der Waals surface area (Å²) in [5, 5.41) is 23.7. The van der Waals surface area contributed by atoms with Crippen molar-refractivity contribution in [3.8, 4) is 12.1 Å². The maximum Gasteiger partial charge on any atom is 0.148 e. The lowest BCUT2D eigenvalue weighted by molar-refractivity contribution is 0.412. The standard InChI is InChI=1S/C10H10N4/c11-5-9-10(6-12)14-8-4-2-1-3-7(8)13-9/h1,3,7-8,13-14H,2,4H2. The van der Waals surface area contributed by atoms with Crippen molar-refractivity contribution in [1.29, 1.82) is 10.5 Å². The number of nitrogens with zero attached hydrogens (tertiary/aromatic N) is 2. The van der Waals surface area contributed by atoms with Gasteiger partial charge >= 0.3 is 0 Å². The van der Waals surface area contributed by atoms with Crippen LogP contribution < -0.4 is 10.6 Å². The molecule has 0 saturated heterocycles. The number of allylic oxidation sites excluding steroid dienone is 3. The Bertz CT molecular complexity index is 380. The van der Waals surface area contributed by atoms with Crippen molar-refractivity contribution >= 4 is 0 Å². The number of rotatable bonds is 0. The molecule has 0 spiro atoms. The molecule has 0 aromatic carbocycles. The van der Waals surface area contributed by atoms with E-state index >= 15 is 0 Å². The molecule has 2 atom stereocenters. The summed E-state index contributed by atoms with van der Waals surface area (Å²) >= 11 is 0. The molecule has 1 aliphatic heterocycles. The van der Waals surface area contributed by atoms with Crippen molar-refractivity contribution in [2.75, 3.05) is 0 Å². The van der Waals surface area contributed by atoms with Gasteiger partial charge in [-0.2, -0.15) is 10.5 Å². The molecule has 0 amide bonds. The Kier molecular flexibility index (Phi) is 2.12. The molecular formula is C10H10N4. The fourth-order valence-corrected chi connectivity index (χ4v) is 1.82. The van der Waals surface area contributed by atoms with Crippen LogP contribution in [0.1, 0.15) is 12.8 Å². The highest BCUT2D eigenvalue weighted by molar-refractivity contribution is 5.38. The molecule has 2 N–H and O–H groups in total. The van der Waals surface area contributed by atoms with Crippen LogP contribution in [-0.4, -0.2) is 12.1 Å². The number of hydrogen-bond donors (Lipinski definition) is 2. The van der Waals surface area contributed by atoms with Gasteiger partial charge in [-0.25, -0.2) is 0 Å². The van der Waals surface area contributed by atoms with Crippen LogP contribution in [0.25, 0.3) is 0 Å². The van der Waals surface area contributed by atoms with E-state index in [-0.39, 0.29) is 12.1 Å². The monoisotopic (exact) mass is 186 g/mol. The van der Waals surface area contributed by atoms with Crippen molar-refractivity contribution in [2.24, 2.45) is 0 Å². The van der Waals surface area contributed by atoms with E-state index < -0.39 is 0 Å². The lowest BCUT2D eigenvalue weighted by Crippen LogP contribution is -2.52. The van der Waals surface area contributed by atoms with Crippen molar-refractivity contribution < 1.29 is 0 Å². The van der Waals surface area contributed by atoms with Gasteiger partial charge in [-0.15, -0.1) is 0 Å². The summed E-state index contributed by atoms with van der Waals surface area (Å²) in [6, 6.07) is 4.38. The van der Waals surface area contributed by atoms with Crippen LogP contribution in [0, 0.1) is 22.7 Å². The molecule has 0 aromatic rings. The highest BCUT2D eigenvalue weighted by atomic mass is 15.1. The van der Waals surface area contributed by atoms with Gasteiger partial charge in [0, 0.05) is 0 Å². The Morgan fingerprint density at radius 2 is 1.93 bits per heavy atom. The van der Waals surface area contributed by atoms with Crippen LogP contribution in [-0.2, 0) is 0 Å². The molecule has 0 saturated carbocycles. The third-order valence-electron chi connectivity index (χ3n) is 2.54. The van der Waals surface area contributed by atoms with E-state index in [0.29, 0.717) is 11.4 Å². The molecule has 0 radical (unpaired) electrons. The summed E-state index contributed by atoms with van der Waals surface area (Å²) in [6.07, 6.45) is 6.17. The second kappa shape index (κ2) is 3.43. The average Bonchev–Trinajstić information content (AvgIpc) is 2.27. The van der Waals surface area contributed by atoms with Crippen molar-refractivity contribution in [3.05, 3.63) is 23.5 Å². The van der Waals surface area contributed by atoms with Crippen LogP contribution in [0.15, 0.2) is 23.5 Å². The van der Waals surface area contributed by atoms with E-state index in [0.717, 1.165) is 12.8 Å². The van der Waals surface area contributed by atoms with Gasteiger partial charge in [0.2, 0.25) is 0 Å². The Morgan fingerprint density at radius 3 is 2.64 bits per heavy atom. The van der Waals surface area contributed by atoms with Gasteiger partial charge in [0.15, 0.2) is 0 Å². The second-order valence-corrected chi connectivity index (χ2v) is 3.40. The Balaban J connectivity index is 2.28. The van der Waals surface area contributed by atoms with E-state index in [9.17, 15) is 0 Å². The number of fused-ring (bicyclic) bond motifs is 1. The van der Waals surface area contributed by atoms with E-state index in [4.69, 9.17) is 10.5 Å². The number of nitrogens with one attached hydrogen (secondary N) is 2. The molecule has 1 heterocycles. The average molecular weight is 186 g/mol. The molecule has 1 aliphatic carbocycles. The van der Waals surface area contributed by atoms with Crippen LogP contribution in [0.5, 0.6) is 0 Å². The van der Waals surface area contributed by atoms with Crippen LogP contribution in [0.4, 0.5) is 0 Å². The topological polar surface area (TPSA) is 71.6 Å².